The Labute approximate surface area is 211 Å². The van der Waals surface area contributed by atoms with Crippen molar-refractivity contribution in [1.82, 2.24) is 15.2 Å². The van der Waals surface area contributed by atoms with E-state index in [1.807, 2.05) is 0 Å². The van der Waals surface area contributed by atoms with E-state index < -0.39 is 53.1 Å². The summed E-state index contributed by atoms with van der Waals surface area (Å²) in [6.45, 7) is 4.41. The van der Waals surface area contributed by atoms with Crippen molar-refractivity contribution < 1.29 is 33.9 Å². The number of amides is 2. The quantitative estimate of drug-likeness (QED) is 0.194. The van der Waals surface area contributed by atoms with Crippen molar-refractivity contribution in [3.05, 3.63) is 20.8 Å². The fraction of sp³-hybridized carbons (Fsp3) is 0.444. The van der Waals surface area contributed by atoms with E-state index in [2.05, 4.69) is 15.5 Å². The predicted octanol–water partition coefficient (Wildman–Crippen LogP) is 1.38. The summed E-state index contributed by atoms with van der Waals surface area (Å²) in [5.41, 5.74) is 4.03. The zero-order valence-corrected chi connectivity index (χ0v) is 21.1. The lowest BCUT2D eigenvalue weighted by Gasteiger charge is -2.48. The number of hydrogen-bond acceptors (Lipinski definition) is 11. The number of ether oxygens (including phenoxy) is 1. The second-order valence-corrected chi connectivity index (χ2v) is 11.1. The number of nitrogens with one attached hydrogen (secondary N) is 1. The first-order valence-corrected chi connectivity index (χ1v) is 12.1. The second kappa shape index (κ2) is 9.98. The molecular formula is C18H19Cl2N5O7S2. The molecule has 2 aliphatic rings. The fourth-order valence-corrected chi connectivity index (χ4v) is 5.45. The van der Waals surface area contributed by atoms with Crippen LogP contribution in [-0.4, -0.2) is 73.8 Å². The van der Waals surface area contributed by atoms with Gasteiger partial charge in [-0.3, -0.25) is 14.5 Å². The minimum atomic E-state index is -1.35. The maximum absolute atomic E-state index is 13.0. The number of rotatable bonds is 7. The molecule has 0 spiro atoms. The number of carbonyl (C=O) groups excluding carboxylic acids is 3. The van der Waals surface area contributed by atoms with Crippen LogP contribution in [0.25, 0.3) is 0 Å². The number of fused-ring (bicyclic) bond motifs is 1. The normalized spacial score (nSPS) is 20.4. The highest BCUT2D eigenvalue weighted by Crippen LogP contribution is 2.41. The van der Waals surface area contributed by atoms with Crippen molar-refractivity contribution >= 4 is 80.9 Å². The van der Waals surface area contributed by atoms with E-state index in [9.17, 15) is 24.3 Å². The second-order valence-electron chi connectivity index (χ2n) is 7.89. The van der Waals surface area contributed by atoms with Crippen molar-refractivity contribution in [2.75, 3.05) is 18.1 Å². The summed E-state index contributed by atoms with van der Waals surface area (Å²) in [5.74, 6) is -3.49. The third-order valence-corrected chi connectivity index (χ3v) is 7.05. The van der Waals surface area contributed by atoms with Gasteiger partial charge in [-0.1, -0.05) is 39.7 Å². The largest absolute Gasteiger partial charge is 0.477 e. The SMILES string of the molecule is CC(C)(C)OC(=O)CON=C(C(=O)NC1C(=O)N2C(C(=O)O)=C(Cl)CS[C@@H]12)c1nc(N)sc1Cl. The van der Waals surface area contributed by atoms with E-state index in [4.69, 9.17) is 38.5 Å². The Morgan fingerprint density at radius 3 is 2.59 bits per heavy atom. The molecule has 2 amide bonds. The van der Waals surface area contributed by atoms with Crippen molar-refractivity contribution in [1.29, 1.82) is 0 Å². The third kappa shape index (κ3) is 5.56. The molecule has 0 aliphatic carbocycles. The summed E-state index contributed by atoms with van der Waals surface area (Å²) in [5, 5.41) is 14.9. The van der Waals surface area contributed by atoms with E-state index in [-0.39, 0.29) is 31.6 Å². The number of hydrogen-bond donors (Lipinski definition) is 3. The molecular weight excluding hydrogens is 533 g/mol. The monoisotopic (exact) mass is 551 g/mol. The molecule has 0 aromatic carbocycles. The number of thiazole rings is 1. The summed E-state index contributed by atoms with van der Waals surface area (Å²) >= 11 is 14.1. The number of nitrogens with zero attached hydrogens (tertiary/aromatic N) is 3. The molecule has 0 saturated carbocycles. The molecule has 0 bridgehead atoms. The molecule has 1 saturated heterocycles. The number of nitrogen functional groups attached to an aromatic ring is 1. The number of aliphatic carboxylic acids is 1. The van der Waals surface area contributed by atoms with Crippen LogP contribution in [0.3, 0.4) is 0 Å². The molecule has 34 heavy (non-hydrogen) atoms. The number of esters is 1. The van der Waals surface area contributed by atoms with Gasteiger partial charge in [0.05, 0.1) is 5.03 Å². The average Bonchev–Trinajstić information content (AvgIpc) is 3.05. The number of thioether (sulfide) groups is 1. The third-order valence-electron chi connectivity index (χ3n) is 4.21. The van der Waals surface area contributed by atoms with E-state index in [0.29, 0.717) is 0 Å². The molecule has 3 rings (SSSR count). The number of β-lactam (4-membered cyclic amide) rings is 1. The number of oxime groups is 1. The number of nitrogens with two attached hydrogens (primary N) is 1. The minimum absolute atomic E-state index is 0.0226. The molecule has 3 heterocycles. The van der Waals surface area contributed by atoms with E-state index in [0.717, 1.165) is 16.2 Å². The zero-order valence-electron chi connectivity index (χ0n) is 18.0. The van der Waals surface area contributed by atoms with Crippen LogP contribution < -0.4 is 11.1 Å². The van der Waals surface area contributed by atoms with Crippen LogP contribution >= 0.6 is 46.3 Å². The molecule has 4 N–H and O–H groups in total. The fourth-order valence-electron chi connectivity index (χ4n) is 2.97. The zero-order chi connectivity index (χ0) is 25.4. The van der Waals surface area contributed by atoms with Gasteiger partial charge in [-0.25, -0.2) is 14.6 Å². The van der Waals surface area contributed by atoms with Gasteiger partial charge in [0.1, 0.15) is 32.7 Å². The van der Waals surface area contributed by atoms with Gasteiger partial charge in [-0.05, 0) is 20.8 Å². The molecule has 2 aliphatic heterocycles. The number of carboxylic acid groups (broad SMARTS) is 1. The number of aromatic nitrogens is 1. The Kier molecular flexibility index (Phi) is 7.65. The van der Waals surface area contributed by atoms with E-state index >= 15 is 0 Å². The summed E-state index contributed by atoms with van der Waals surface area (Å²) in [6, 6.07) is -1.07. The van der Waals surface area contributed by atoms with Crippen molar-refractivity contribution in [3.8, 4) is 0 Å². The topological polar surface area (TPSA) is 174 Å². The Hall–Kier alpha value is -2.55. The van der Waals surface area contributed by atoms with Crippen LogP contribution in [0, 0.1) is 0 Å². The lowest BCUT2D eigenvalue weighted by atomic mass is 10.0. The number of anilines is 1. The summed E-state index contributed by atoms with van der Waals surface area (Å²) < 4.78 is 5.14. The van der Waals surface area contributed by atoms with Crippen LogP contribution in [0.15, 0.2) is 15.9 Å². The van der Waals surface area contributed by atoms with Gasteiger partial charge in [0.15, 0.2) is 10.8 Å². The molecule has 12 nitrogen and oxygen atoms in total. The van der Waals surface area contributed by atoms with Gasteiger partial charge in [-0.2, -0.15) is 0 Å². The molecule has 2 atom stereocenters. The standard InChI is InChI=1S/C18H19Cl2N5O7S2/c1-18(2,3)32-7(26)4-31-24-9(8-12(20)34-17(21)23-8)13(27)22-10-14(28)25-11(16(29)30)6(19)5-33-15(10)25/h10,15H,4-5H2,1-3H3,(H2,21,23)(H,22,27)(H,29,30)/t10?,15-/m0/s1. The first kappa shape index (κ1) is 26.1. The predicted molar refractivity (Wildman–Crippen MR) is 125 cm³/mol. The molecule has 1 unspecified atom stereocenters. The maximum Gasteiger partial charge on any atom is 0.353 e. The first-order chi connectivity index (χ1) is 15.8. The molecule has 1 aromatic rings. The molecule has 16 heteroatoms. The Morgan fingerprint density at radius 1 is 1.35 bits per heavy atom. The van der Waals surface area contributed by atoms with Gasteiger partial charge in [0, 0.05) is 5.75 Å². The van der Waals surface area contributed by atoms with Crippen molar-refractivity contribution in [2.45, 2.75) is 37.8 Å². The highest BCUT2D eigenvalue weighted by atomic mass is 35.5. The lowest BCUT2D eigenvalue weighted by Crippen LogP contribution is -2.71. The summed E-state index contributed by atoms with van der Waals surface area (Å²) in [7, 11) is 0. The number of carbonyl (C=O) groups is 4. The smallest absolute Gasteiger partial charge is 0.353 e. The highest BCUT2D eigenvalue weighted by molar-refractivity contribution is 8.00. The van der Waals surface area contributed by atoms with Gasteiger partial charge >= 0.3 is 11.9 Å². The van der Waals surface area contributed by atoms with Crippen LogP contribution in [0.4, 0.5) is 5.13 Å². The molecule has 0 radical (unpaired) electrons. The lowest BCUT2D eigenvalue weighted by molar-refractivity contribution is -0.160. The van der Waals surface area contributed by atoms with Gasteiger partial charge in [0.25, 0.3) is 11.8 Å². The van der Waals surface area contributed by atoms with Crippen molar-refractivity contribution in [3.63, 3.8) is 0 Å². The summed E-state index contributed by atoms with van der Waals surface area (Å²) in [4.78, 5) is 58.9. The van der Waals surface area contributed by atoms with Crippen LogP contribution in [0.2, 0.25) is 4.34 Å². The van der Waals surface area contributed by atoms with E-state index in [1.165, 1.54) is 11.8 Å². The number of halogens is 2. The maximum atomic E-state index is 13.0. The highest BCUT2D eigenvalue weighted by Gasteiger charge is 2.54. The number of carboxylic acids is 1. The average molecular weight is 552 g/mol. The summed E-state index contributed by atoms with van der Waals surface area (Å²) in [6.07, 6.45) is 0. The molecule has 184 valence electrons. The van der Waals surface area contributed by atoms with Gasteiger partial charge in [-0.15, -0.1) is 11.8 Å². The molecule has 1 fully saturated rings. The van der Waals surface area contributed by atoms with Crippen LogP contribution in [0.1, 0.15) is 26.5 Å². The van der Waals surface area contributed by atoms with Crippen LogP contribution in [-0.2, 0) is 28.8 Å². The van der Waals surface area contributed by atoms with Gasteiger partial charge < -0.3 is 25.7 Å². The molecule has 1 aromatic heterocycles. The first-order valence-electron chi connectivity index (χ1n) is 9.51. The minimum Gasteiger partial charge on any atom is -0.477 e. The van der Waals surface area contributed by atoms with Gasteiger partial charge in [0.2, 0.25) is 6.61 Å². The Morgan fingerprint density at radius 2 is 2.03 bits per heavy atom. The van der Waals surface area contributed by atoms with Crippen molar-refractivity contribution in [2.24, 2.45) is 5.16 Å². The van der Waals surface area contributed by atoms with E-state index in [1.54, 1.807) is 20.8 Å². The Balaban J connectivity index is 1.78. The Bertz CT molecular complexity index is 1110. The van der Waals surface area contributed by atoms with Crippen LogP contribution in [0.5, 0.6) is 0 Å².